The zero-order chi connectivity index (χ0) is 22.4. The summed E-state index contributed by atoms with van der Waals surface area (Å²) >= 11 is 0. The largest absolute Gasteiger partial charge is 0.379 e. The number of hydrogen-bond donors (Lipinski definition) is 1. The van der Waals surface area contributed by atoms with Gasteiger partial charge < -0.3 is 10.1 Å². The van der Waals surface area contributed by atoms with Crippen molar-refractivity contribution >= 4 is 21.6 Å². The molecular weight excluding hydrogens is 414 g/mol. The molecule has 31 heavy (non-hydrogen) atoms. The smallest absolute Gasteiger partial charge is 0.264 e. The van der Waals surface area contributed by atoms with Crippen LogP contribution in [0, 0.1) is 20.8 Å². The Morgan fingerprint density at radius 2 is 1.61 bits per heavy atom. The summed E-state index contributed by atoms with van der Waals surface area (Å²) < 4.78 is 33.4. The monoisotopic (exact) mass is 445 g/mol. The molecule has 7 nitrogen and oxygen atoms in total. The lowest BCUT2D eigenvalue weighted by molar-refractivity contribution is -0.119. The Hall–Kier alpha value is -2.42. The number of nitrogens with one attached hydrogen (secondary N) is 1. The quantitative estimate of drug-likeness (QED) is 0.674. The van der Waals surface area contributed by atoms with Gasteiger partial charge in [0.2, 0.25) is 5.91 Å². The third kappa shape index (κ3) is 6.29. The number of amides is 1. The summed E-state index contributed by atoms with van der Waals surface area (Å²) in [5.41, 5.74) is 3.33. The minimum Gasteiger partial charge on any atom is -0.379 e. The van der Waals surface area contributed by atoms with Crippen molar-refractivity contribution in [3.05, 3.63) is 59.2 Å². The van der Waals surface area contributed by atoms with Crippen LogP contribution in [0.25, 0.3) is 0 Å². The van der Waals surface area contributed by atoms with Gasteiger partial charge >= 0.3 is 0 Å². The van der Waals surface area contributed by atoms with Crippen LogP contribution >= 0.6 is 0 Å². The lowest BCUT2D eigenvalue weighted by Gasteiger charge is -2.27. The van der Waals surface area contributed by atoms with E-state index >= 15 is 0 Å². The van der Waals surface area contributed by atoms with E-state index in [2.05, 4.69) is 10.2 Å². The molecule has 2 aromatic carbocycles. The SMILES string of the molecule is Cc1ccc(S(=O)(=O)N(CC(=O)NCCN2CCOCC2)c2cc(C)cc(C)c2)cc1. The number of anilines is 1. The van der Waals surface area contributed by atoms with Crippen LogP contribution in [0.1, 0.15) is 16.7 Å². The van der Waals surface area contributed by atoms with Crippen LogP contribution in [0.2, 0.25) is 0 Å². The van der Waals surface area contributed by atoms with Crippen molar-refractivity contribution in [3.63, 3.8) is 0 Å². The number of ether oxygens (including phenoxy) is 1. The highest BCUT2D eigenvalue weighted by atomic mass is 32.2. The van der Waals surface area contributed by atoms with E-state index in [1.165, 1.54) is 4.31 Å². The Labute approximate surface area is 185 Å². The van der Waals surface area contributed by atoms with Crippen LogP contribution in [0.4, 0.5) is 5.69 Å². The Bertz CT molecular complexity index is 980. The highest BCUT2D eigenvalue weighted by molar-refractivity contribution is 7.92. The van der Waals surface area contributed by atoms with Crippen molar-refractivity contribution in [2.24, 2.45) is 0 Å². The van der Waals surface area contributed by atoms with E-state index in [1.54, 1.807) is 36.4 Å². The average Bonchev–Trinajstić information content (AvgIpc) is 2.72. The summed E-state index contributed by atoms with van der Waals surface area (Å²) in [5, 5.41) is 2.86. The number of sulfonamides is 1. The van der Waals surface area contributed by atoms with Crippen molar-refractivity contribution < 1.29 is 17.9 Å². The van der Waals surface area contributed by atoms with Crippen LogP contribution in [-0.4, -0.2) is 65.2 Å². The zero-order valence-corrected chi connectivity index (χ0v) is 19.2. The molecule has 2 aromatic rings. The molecule has 0 aromatic heterocycles. The maximum absolute atomic E-state index is 13.4. The number of benzene rings is 2. The van der Waals surface area contributed by atoms with E-state index in [-0.39, 0.29) is 17.3 Å². The fourth-order valence-corrected chi connectivity index (χ4v) is 5.02. The highest BCUT2D eigenvalue weighted by Gasteiger charge is 2.27. The summed E-state index contributed by atoms with van der Waals surface area (Å²) in [5.74, 6) is -0.330. The number of carbonyl (C=O) groups is 1. The molecule has 1 heterocycles. The van der Waals surface area contributed by atoms with Gasteiger partial charge in [-0.25, -0.2) is 8.42 Å². The van der Waals surface area contributed by atoms with Crippen LogP contribution in [0.5, 0.6) is 0 Å². The molecule has 0 aliphatic carbocycles. The molecule has 0 radical (unpaired) electrons. The fourth-order valence-electron chi connectivity index (χ4n) is 3.61. The van der Waals surface area contributed by atoms with E-state index in [0.717, 1.165) is 29.8 Å². The summed E-state index contributed by atoms with van der Waals surface area (Å²) in [4.78, 5) is 15.1. The Kier molecular flexibility index (Phi) is 7.69. The zero-order valence-electron chi connectivity index (χ0n) is 18.4. The second-order valence-electron chi connectivity index (χ2n) is 7.97. The first-order chi connectivity index (χ1) is 14.8. The standard InChI is InChI=1S/C23H31N3O4S/c1-18-4-6-22(7-5-18)31(28,29)26(21-15-19(2)14-20(3)16-21)17-23(27)24-8-9-25-10-12-30-13-11-25/h4-7,14-16H,8-13,17H2,1-3H3,(H,24,27). The predicted molar refractivity (Wildman–Crippen MR) is 122 cm³/mol. The first-order valence-electron chi connectivity index (χ1n) is 10.5. The van der Waals surface area contributed by atoms with E-state index in [1.807, 2.05) is 26.8 Å². The molecule has 1 aliphatic rings. The lowest BCUT2D eigenvalue weighted by atomic mass is 10.1. The van der Waals surface area contributed by atoms with Gasteiger partial charge in [-0.3, -0.25) is 14.0 Å². The van der Waals surface area contributed by atoms with Gasteiger partial charge in [0, 0.05) is 26.2 Å². The molecule has 0 spiro atoms. The average molecular weight is 446 g/mol. The normalized spacial score (nSPS) is 14.9. The molecule has 0 bridgehead atoms. The van der Waals surface area contributed by atoms with Gasteiger partial charge in [-0.05, 0) is 56.2 Å². The number of morpholine rings is 1. The van der Waals surface area contributed by atoms with Gasteiger partial charge in [-0.2, -0.15) is 0 Å². The fraction of sp³-hybridized carbons (Fsp3) is 0.435. The number of nitrogens with zero attached hydrogens (tertiary/aromatic N) is 2. The maximum atomic E-state index is 13.4. The second-order valence-corrected chi connectivity index (χ2v) is 9.84. The molecule has 8 heteroatoms. The molecule has 0 saturated carbocycles. The molecule has 3 rings (SSSR count). The number of hydrogen-bond acceptors (Lipinski definition) is 5. The summed E-state index contributed by atoms with van der Waals surface area (Å²) in [6, 6.07) is 12.2. The lowest BCUT2D eigenvalue weighted by Crippen LogP contribution is -2.44. The van der Waals surface area contributed by atoms with Crippen LogP contribution in [0.15, 0.2) is 47.4 Å². The minimum atomic E-state index is -3.90. The molecule has 0 atom stereocenters. The molecule has 1 amide bonds. The van der Waals surface area contributed by atoms with Crippen LogP contribution in [0.3, 0.4) is 0 Å². The minimum absolute atomic E-state index is 0.165. The topological polar surface area (TPSA) is 79.0 Å². The van der Waals surface area contributed by atoms with Crippen molar-refractivity contribution in [1.82, 2.24) is 10.2 Å². The van der Waals surface area contributed by atoms with Gasteiger partial charge in [0.15, 0.2) is 0 Å². The highest BCUT2D eigenvalue weighted by Crippen LogP contribution is 2.26. The van der Waals surface area contributed by atoms with Gasteiger partial charge in [-0.1, -0.05) is 23.8 Å². The van der Waals surface area contributed by atoms with Crippen molar-refractivity contribution in [2.75, 3.05) is 50.2 Å². The van der Waals surface area contributed by atoms with E-state index in [0.29, 0.717) is 32.0 Å². The van der Waals surface area contributed by atoms with Gasteiger partial charge in [-0.15, -0.1) is 0 Å². The molecular formula is C23H31N3O4S. The third-order valence-corrected chi connectivity index (χ3v) is 7.03. The molecule has 1 N–H and O–H groups in total. The number of carbonyl (C=O) groups excluding carboxylic acids is 1. The third-order valence-electron chi connectivity index (χ3n) is 5.24. The maximum Gasteiger partial charge on any atom is 0.264 e. The second kappa shape index (κ2) is 10.3. The Morgan fingerprint density at radius 1 is 1.00 bits per heavy atom. The Morgan fingerprint density at radius 3 is 2.23 bits per heavy atom. The summed E-state index contributed by atoms with van der Waals surface area (Å²) in [7, 11) is -3.90. The van der Waals surface area contributed by atoms with Gasteiger partial charge in [0.05, 0.1) is 23.8 Å². The van der Waals surface area contributed by atoms with Crippen LogP contribution < -0.4 is 9.62 Å². The Balaban J connectivity index is 1.78. The van der Waals surface area contributed by atoms with E-state index in [4.69, 9.17) is 4.74 Å². The number of rotatable bonds is 8. The first-order valence-corrected chi connectivity index (χ1v) is 11.9. The van der Waals surface area contributed by atoms with Gasteiger partial charge in [0.1, 0.15) is 6.54 Å². The molecule has 1 aliphatic heterocycles. The molecule has 0 unspecified atom stereocenters. The number of aryl methyl sites for hydroxylation is 3. The summed E-state index contributed by atoms with van der Waals surface area (Å²) in [6.45, 7) is 9.70. The predicted octanol–water partition coefficient (Wildman–Crippen LogP) is 2.26. The van der Waals surface area contributed by atoms with Gasteiger partial charge in [0.25, 0.3) is 10.0 Å². The molecule has 1 saturated heterocycles. The first kappa shape index (κ1) is 23.2. The molecule has 1 fully saturated rings. The van der Waals surface area contributed by atoms with Crippen molar-refractivity contribution in [2.45, 2.75) is 25.7 Å². The van der Waals surface area contributed by atoms with E-state index < -0.39 is 10.0 Å². The van der Waals surface area contributed by atoms with Crippen molar-refractivity contribution in [3.8, 4) is 0 Å². The summed E-state index contributed by atoms with van der Waals surface area (Å²) in [6.07, 6.45) is 0. The van der Waals surface area contributed by atoms with E-state index in [9.17, 15) is 13.2 Å². The van der Waals surface area contributed by atoms with Crippen LogP contribution in [-0.2, 0) is 19.6 Å². The van der Waals surface area contributed by atoms with Crippen molar-refractivity contribution in [1.29, 1.82) is 0 Å². The molecule has 168 valence electrons.